The second kappa shape index (κ2) is 13.9. The minimum Gasteiger partial charge on any atom is -0.489 e. The molecule has 162 valence electrons. The Labute approximate surface area is 176 Å². The van der Waals surface area contributed by atoms with Crippen LogP contribution in [0.1, 0.15) is 5.56 Å². The van der Waals surface area contributed by atoms with Crippen molar-refractivity contribution in [2.45, 2.75) is 6.42 Å². The predicted molar refractivity (Wildman–Crippen MR) is 111 cm³/mol. The molecule has 1 aromatic carbocycles. The molecule has 1 saturated heterocycles. The van der Waals surface area contributed by atoms with Gasteiger partial charge in [-0.2, -0.15) is 0 Å². The van der Waals surface area contributed by atoms with Gasteiger partial charge in [0.05, 0.1) is 18.2 Å². The van der Waals surface area contributed by atoms with Gasteiger partial charge < -0.3 is 24.6 Å². The van der Waals surface area contributed by atoms with Gasteiger partial charge in [-0.25, -0.2) is 9.59 Å². The van der Waals surface area contributed by atoms with Crippen LogP contribution in [0.2, 0.25) is 5.02 Å². The van der Waals surface area contributed by atoms with Gasteiger partial charge in [0.2, 0.25) is 0 Å². The van der Waals surface area contributed by atoms with E-state index in [1.54, 1.807) is 0 Å². The maximum absolute atomic E-state index is 9.10. The molecule has 1 fully saturated rings. The van der Waals surface area contributed by atoms with E-state index >= 15 is 0 Å². The molecule has 1 aliphatic heterocycles. The van der Waals surface area contributed by atoms with Crippen molar-refractivity contribution in [2.24, 2.45) is 0 Å². The van der Waals surface area contributed by atoms with Crippen molar-refractivity contribution in [3.05, 3.63) is 41.4 Å². The topological polar surface area (TPSA) is 99.5 Å². The molecular weight excluding hydrogens is 400 g/mol. The van der Waals surface area contributed by atoms with Gasteiger partial charge in [0.1, 0.15) is 12.4 Å². The Hall–Kier alpha value is -2.13. The smallest absolute Gasteiger partial charge is 0.414 e. The van der Waals surface area contributed by atoms with Crippen LogP contribution in [0.15, 0.2) is 30.9 Å². The summed E-state index contributed by atoms with van der Waals surface area (Å²) >= 11 is 6.21. The molecule has 1 aliphatic rings. The summed E-state index contributed by atoms with van der Waals surface area (Å²) in [6.45, 7) is 11.1. The van der Waals surface area contributed by atoms with Gasteiger partial charge in [-0.05, 0) is 25.1 Å². The van der Waals surface area contributed by atoms with E-state index in [0.717, 1.165) is 57.1 Å². The lowest BCUT2D eigenvalue weighted by molar-refractivity contribution is -0.159. The summed E-state index contributed by atoms with van der Waals surface area (Å²) in [6, 6.07) is 5.79. The van der Waals surface area contributed by atoms with Gasteiger partial charge in [-0.3, -0.25) is 4.90 Å². The number of benzene rings is 1. The highest BCUT2D eigenvalue weighted by atomic mass is 35.5. The zero-order valence-electron chi connectivity index (χ0n) is 16.7. The Kier molecular flexibility index (Phi) is 12.0. The number of para-hydroxylation sites is 1. The minimum absolute atomic E-state index is 0.511. The molecule has 0 amide bonds. The summed E-state index contributed by atoms with van der Waals surface area (Å²) in [5.41, 5.74) is 1.06. The molecular formula is C20H29ClN2O6. The lowest BCUT2D eigenvalue weighted by Crippen LogP contribution is -2.45. The van der Waals surface area contributed by atoms with Gasteiger partial charge in [0.15, 0.2) is 0 Å². The van der Waals surface area contributed by atoms with Crippen LogP contribution >= 0.6 is 11.6 Å². The number of halogens is 1. The minimum atomic E-state index is -1.82. The molecule has 8 nitrogen and oxygen atoms in total. The molecule has 0 saturated carbocycles. The van der Waals surface area contributed by atoms with Crippen LogP contribution in [0, 0.1) is 0 Å². The van der Waals surface area contributed by atoms with Crippen molar-refractivity contribution >= 4 is 23.5 Å². The van der Waals surface area contributed by atoms with E-state index in [-0.39, 0.29) is 0 Å². The summed E-state index contributed by atoms with van der Waals surface area (Å²) in [7, 11) is 2.17. The van der Waals surface area contributed by atoms with Crippen molar-refractivity contribution in [1.82, 2.24) is 9.80 Å². The lowest BCUT2D eigenvalue weighted by atomic mass is 10.1. The SMILES string of the molecule is C=CCc1cccc(Cl)c1OCCOCCN1CCN(C)CC1.O=C(O)C(=O)O. The monoisotopic (exact) mass is 428 g/mol. The predicted octanol–water partition coefficient (Wildman–Crippen LogP) is 1.87. The molecule has 9 heteroatoms. The number of carboxylic acid groups (broad SMARTS) is 2. The van der Waals surface area contributed by atoms with Crippen LogP contribution in [0.5, 0.6) is 5.75 Å². The van der Waals surface area contributed by atoms with Gasteiger partial charge in [-0.15, -0.1) is 6.58 Å². The average Bonchev–Trinajstić information content (AvgIpc) is 2.68. The van der Waals surface area contributed by atoms with E-state index in [1.165, 1.54) is 0 Å². The molecule has 0 bridgehead atoms. The summed E-state index contributed by atoms with van der Waals surface area (Å²) in [4.78, 5) is 23.0. The number of piperazine rings is 1. The summed E-state index contributed by atoms with van der Waals surface area (Å²) < 4.78 is 11.5. The number of carbonyl (C=O) groups is 2. The van der Waals surface area contributed by atoms with E-state index in [2.05, 4.69) is 23.4 Å². The first-order valence-corrected chi connectivity index (χ1v) is 9.68. The number of hydrogen-bond acceptors (Lipinski definition) is 6. The second-order valence-electron chi connectivity index (χ2n) is 6.44. The third-order valence-corrected chi connectivity index (χ3v) is 4.52. The van der Waals surface area contributed by atoms with Gasteiger partial charge in [0, 0.05) is 32.7 Å². The standard InChI is InChI=1S/C18H27ClN2O2.C2H2O4/c1-3-5-16-6-4-7-17(19)18(16)23-15-14-22-13-12-21-10-8-20(2)9-11-21;3-1(4)2(5)6/h3-4,6-7H,1,5,8-15H2,2H3;(H,3,4)(H,5,6). The van der Waals surface area contributed by atoms with Crippen molar-refractivity contribution in [3.63, 3.8) is 0 Å². The van der Waals surface area contributed by atoms with Crippen LogP contribution in [-0.2, 0) is 20.7 Å². The number of carboxylic acids is 2. The normalized spacial score (nSPS) is 14.6. The number of ether oxygens (including phenoxy) is 2. The lowest BCUT2D eigenvalue weighted by Gasteiger charge is -2.32. The first-order chi connectivity index (χ1) is 13.8. The summed E-state index contributed by atoms with van der Waals surface area (Å²) in [5.74, 6) is -2.90. The zero-order chi connectivity index (χ0) is 21.6. The van der Waals surface area contributed by atoms with E-state index < -0.39 is 11.9 Å². The van der Waals surface area contributed by atoms with Crippen molar-refractivity contribution < 1.29 is 29.3 Å². The Morgan fingerprint density at radius 3 is 2.38 bits per heavy atom. The average molecular weight is 429 g/mol. The number of nitrogens with zero attached hydrogens (tertiary/aromatic N) is 2. The maximum Gasteiger partial charge on any atom is 0.414 e. The van der Waals surface area contributed by atoms with Crippen LogP contribution in [0.4, 0.5) is 0 Å². The Morgan fingerprint density at radius 1 is 1.14 bits per heavy atom. The first kappa shape index (κ1) is 24.9. The molecule has 2 N–H and O–H groups in total. The van der Waals surface area contributed by atoms with E-state index in [0.29, 0.717) is 18.2 Å². The second-order valence-corrected chi connectivity index (χ2v) is 6.84. The molecule has 1 aromatic rings. The molecule has 0 aromatic heterocycles. The molecule has 0 aliphatic carbocycles. The summed E-state index contributed by atoms with van der Waals surface area (Å²) in [6.07, 6.45) is 2.60. The van der Waals surface area contributed by atoms with E-state index in [4.69, 9.17) is 40.9 Å². The molecule has 0 spiro atoms. The van der Waals surface area contributed by atoms with E-state index in [9.17, 15) is 0 Å². The molecule has 1 heterocycles. The third-order valence-electron chi connectivity index (χ3n) is 4.22. The number of hydrogen-bond donors (Lipinski definition) is 2. The number of likely N-dealkylation sites (N-methyl/N-ethyl adjacent to an activating group) is 1. The number of aliphatic carboxylic acids is 2. The van der Waals surface area contributed by atoms with Crippen LogP contribution in [0.25, 0.3) is 0 Å². The van der Waals surface area contributed by atoms with Crippen LogP contribution in [0.3, 0.4) is 0 Å². The molecule has 0 radical (unpaired) electrons. The van der Waals surface area contributed by atoms with Gasteiger partial charge in [-0.1, -0.05) is 29.8 Å². The fourth-order valence-electron chi connectivity index (χ4n) is 2.60. The fourth-order valence-corrected chi connectivity index (χ4v) is 2.85. The van der Waals surface area contributed by atoms with Crippen LogP contribution in [-0.4, -0.2) is 91.5 Å². The highest BCUT2D eigenvalue weighted by Gasteiger charge is 2.13. The van der Waals surface area contributed by atoms with Gasteiger partial charge >= 0.3 is 11.9 Å². The highest BCUT2D eigenvalue weighted by Crippen LogP contribution is 2.29. The largest absolute Gasteiger partial charge is 0.489 e. The van der Waals surface area contributed by atoms with Crippen molar-refractivity contribution in [2.75, 3.05) is 59.6 Å². The van der Waals surface area contributed by atoms with Crippen LogP contribution < -0.4 is 4.74 Å². The molecule has 29 heavy (non-hydrogen) atoms. The van der Waals surface area contributed by atoms with Gasteiger partial charge in [0.25, 0.3) is 0 Å². The molecule has 0 atom stereocenters. The highest BCUT2D eigenvalue weighted by molar-refractivity contribution is 6.32. The fraction of sp³-hybridized carbons (Fsp3) is 0.500. The zero-order valence-corrected chi connectivity index (χ0v) is 17.4. The quantitative estimate of drug-likeness (QED) is 0.349. The third kappa shape index (κ3) is 10.3. The number of allylic oxidation sites excluding steroid dienone is 1. The first-order valence-electron chi connectivity index (χ1n) is 9.31. The maximum atomic E-state index is 9.10. The molecule has 0 unspecified atom stereocenters. The Balaban J connectivity index is 0.000000612. The summed E-state index contributed by atoms with van der Waals surface area (Å²) in [5, 5.41) is 15.4. The number of rotatable bonds is 9. The Bertz CT molecular complexity index is 650. The van der Waals surface area contributed by atoms with Crippen molar-refractivity contribution in [3.8, 4) is 5.75 Å². The van der Waals surface area contributed by atoms with E-state index in [1.807, 2.05) is 24.3 Å². The Morgan fingerprint density at radius 2 is 1.79 bits per heavy atom. The molecule has 2 rings (SSSR count). The van der Waals surface area contributed by atoms with Crippen molar-refractivity contribution in [1.29, 1.82) is 0 Å².